The molecule has 3 rings (SSSR count). The van der Waals surface area contributed by atoms with Gasteiger partial charge in [0.15, 0.2) is 0 Å². The van der Waals surface area contributed by atoms with Gasteiger partial charge in [-0.05, 0) is 51.5 Å². The Morgan fingerprint density at radius 2 is 1.81 bits per heavy atom. The van der Waals surface area contributed by atoms with Gasteiger partial charge in [-0.2, -0.15) is 0 Å². The van der Waals surface area contributed by atoms with Crippen LogP contribution in [0.2, 0.25) is 0 Å². The Labute approximate surface area is 180 Å². The minimum Gasteiger partial charge on any atom is -0.488 e. The van der Waals surface area contributed by atoms with Crippen molar-refractivity contribution in [3.63, 3.8) is 0 Å². The van der Waals surface area contributed by atoms with E-state index in [1.165, 1.54) is 0 Å². The van der Waals surface area contributed by atoms with E-state index in [1.807, 2.05) is 39.0 Å². The lowest BCUT2D eigenvalue weighted by molar-refractivity contribution is -0.120. The molecule has 8 heteroatoms. The van der Waals surface area contributed by atoms with Gasteiger partial charge in [-0.3, -0.25) is 20.4 Å². The molecule has 0 saturated carbocycles. The monoisotopic (exact) mass is 422 g/mol. The first-order chi connectivity index (χ1) is 14.8. The van der Waals surface area contributed by atoms with Crippen LogP contribution in [0.15, 0.2) is 47.0 Å². The maximum Gasteiger partial charge on any atom is 0.273 e. The summed E-state index contributed by atoms with van der Waals surface area (Å²) in [7, 11) is 0. The fraction of sp³-hybridized carbons (Fsp3) is 0.261. The maximum absolute atomic E-state index is 12.6. The Morgan fingerprint density at radius 3 is 2.52 bits per heavy atom. The molecule has 2 aromatic carbocycles. The molecule has 0 bridgehead atoms. The molecule has 162 valence electrons. The largest absolute Gasteiger partial charge is 0.488 e. The minimum absolute atomic E-state index is 0.0222. The highest BCUT2D eigenvalue weighted by Crippen LogP contribution is 2.21. The van der Waals surface area contributed by atoms with Crippen molar-refractivity contribution in [2.45, 2.75) is 34.3 Å². The Hall–Kier alpha value is -3.81. The van der Waals surface area contributed by atoms with E-state index in [0.717, 1.165) is 28.1 Å². The number of nitrogens with one attached hydrogen (secondary N) is 3. The van der Waals surface area contributed by atoms with Crippen LogP contribution in [0.25, 0.3) is 0 Å². The third-order valence-corrected chi connectivity index (χ3v) is 4.82. The molecule has 0 aliphatic carbocycles. The number of aromatic nitrogens is 1. The molecule has 0 atom stereocenters. The van der Waals surface area contributed by atoms with Crippen LogP contribution in [-0.2, 0) is 11.4 Å². The molecule has 0 fully saturated rings. The van der Waals surface area contributed by atoms with Crippen LogP contribution in [0.1, 0.15) is 38.5 Å². The van der Waals surface area contributed by atoms with E-state index < -0.39 is 5.91 Å². The summed E-state index contributed by atoms with van der Waals surface area (Å²) in [5.41, 5.74) is 9.77. The number of amides is 2. The third-order valence-electron chi connectivity index (χ3n) is 4.82. The van der Waals surface area contributed by atoms with Gasteiger partial charge < -0.3 is 14.6 Å². The van der Waals surface area contributed by atoms with Gasteiger partial charge in [0.1, 0.15) is 18.1 Å². The molecule has 31 heavy (non-hydrogen) atoms. The zero-order chi connectivity index (χ0) is 22.4. The number of hydrazine groups is 1. The SMILES string of the molecule is Cc1ccc(NCC(=O)NNC(=O)c2ccccc2OCc2c(C)noc2C)c(C)c1. The van der Waals surface area contributed by atoms with Crippen LogP contribution in [0, 0.1) is 27.7 Å². The second kappa shape index (κ2) is 9.80. The van der Waals surface area contributed by atoms with E-state index in [1.54, 1.807) is 31.2 Å². The smallest absolute Gasteiger partial charge is 0.273 e. The number of para-hydroxylation sites is 1. The topological polar surface area (TPSA) is 105 Å². The van der Waals surface area contributed by atoms with Gasteiger partial charge in [-0.1, -0.05) is 35.0 Å². The van der Waals surface area contributed by atoms with Crippen LogP contribution >= 0.6 is 0 Å². The molecular formula is C23H26N4O4. The van der Waals surface area contributed by atoms with Gasteiger partial charge in [0.05, 0.1) is 23.4 Å². The van der Waals surface area contributed by atoms with E-state index in [4.69, 9.17) is 9.26 Å². The summed E-state index contributed by atoms with van der Waals surface area (Å²) >= 11 is 0. The lowest BCUT2D eigenvalue weighted by Crippen LogP contribution is -2.44. The number of carbonyl (C=O) groups is 2. The Balaban J connectivity index is 1.55. The molecule has 2 amide bonds. The minimum atomic E-state index is -0.478. The highest BCUT2D eigenvalue weighted by Gasteiger charge is 2.15. The fourth-order valence-corrected chi connectivity index (χ4v) is 3.06. The Kier molecular flexibility index (Phi) is 6.92. The van der Waals surface area contributed by atoms with Crippen LogP contribution < -0.4 is 20.9 Å². The van der Waals surface area contributed by atoms with E-state index in [9.17, 15) is 9.59 Å². The number of aryl methyl sites for hydroxylation is 4. The van der Waals surface area contributed by atoms with Crippen molar-refractivity contribution in [3.05, 3.63) is 76.2 Å². The Morgan fingerprint density at radius 1 is 1.03 bits per heavy atom. The predicted molar refractivity (Wildman–Crippen MR) is 117 cm³/mol. The number of hydrogen-bond acceptors (Lipinski definition) is 6. The fourth-order valence-electron chi connectivity index (χ4n) is 3.06. The molecular weight excluding hydrogens is 396 g/mol. The first kappa shape index (κ1) is 21.9. The molecule has 8 nitrogen and oxygen atoms in total. The van der Waals surface area contributed by atoms with Gasteiger partial charge in [-0.15, -0.1) is 0 Å². The molecule has 0 radical (unpaired) electrons. The third kappa shape index (κ3) is 5.63. The average molecular weight is 422 g/mol. The average Bonchev–Trinajstić information content (AvgIpc) is 3.07. The van der Waals surface area contributed by atoms with Crippen molar-refractivity contribution >= 4 is 17.5 Å². The molecule has 0 spiro atoms. The van der Waals surface area contributed by atoms with Crippen molar-refractivity contribution in [1.82, 2.24) is 16.0 Å². The van der Waals surface area contributed by atoms with Gasteiger partial charge in [0, 0.05) is 5.69 Å². The predicted octanol–water partition coefficient (Wildman–Crippen LogP) is 3.36. The van der Waals surface area contributed by atoms with E-state index in [0.29, 0.717) is 17.1 Å². The normalized spacial score (nSPS) is 10.5. The van der Waals surface area contributed by atoms with E-state index in [2.05, 4.69) is 21.3 Å². The molecule has 1 heterocycles. The summed E-state index contributed by atoms with van der Waals surface area (Å²) in [5.74, 6) is 0.210. The summed E-state index contributed by atoms with van der Waals surface area (Å²) in [5, 5.41) is 6.95. The van der Waals surface area contributed by atoms with Crippen LogP contribution in [0.4, 0.5) is 5.69 Å². The van der Waals surface area contributed by atoms with Crippen molar-refractivity contribution < 1.29 is 18.8 Å². The van der Waals surface area contributed by atoms with E-state index in [-0.39, 0.29) is 19.1 Å². The lowest BCUT2D eigenvalue weighted by atomic mass is 10.1. The number of rotatable bonds is 7. The number of hydrogen-bond donors (Lipinski definition) is 3. The van der Waals surface area contributed by atoms with Gasteiger partial charge in [0.25, 0.3) is 11.8 Å². The summed E-state index contributed by atoms with van der Waals surface area (Å²) in [4.78, 5) is 24.7. The zero-order valence-electron chi connectivity index (χ0n) is 18.0. The molecule has 1 aromatic heterocycles. The molecule has 3 N–H and O–H groups in total. The lowest BCUT2D eigenvalue weighted by Gasteiger charge is -2.13. The standard InChI is InChI=1S/C23H26N4O4/c1-14-9-10-20(15(2)11-14)24-12-22(28)25-26-23(29)18-7-5-6-8-21(18)30-13-19-16(3)27-31-17(19)4/h5-11,24H,12-13H2,1-4H3,(H,25,28)(H,26,29). The molecule has 0 unspecified atom stereocenters. The summed E-state index contributed by atoms with van der Waals surface area (Å²) < 4.78 is 10.9. The van der Waals surface area contributed by atoms with Gasteiger partial charge in [-0.25, -0.2) is 0 Å². The molecule has 3 aromatic rings. The van der Waals surface area contributed by atoms with Crippen LogP contribution in [0.3, 0.4) is 0 Å². The number of benzene rings is 2. The van der Waals surface area contributed by atoms with Gasteiger partial charge >= 0.3 is 0 Å². The highest BCUT2D eigenvalue weighted by atomic mass is 16.5. The van der Waals surface area contributed by atoms with Gasteiger partial charge in [0.2, 0.25) is 0 Å². The van der Waals surface area contributed by atoms with Crippen molar-refractivity contribution in [1.29, 1.82) is 0 Å². The zero-order valence-corrected chi connectivity index (χ0v) is 18.0. The van der Waals surface area contributed by atoms with Crippen molar-refractivity contribution in [2.75, 3.05) is 11.9 Å². The van der Waals surface area contributed by atoms with Crippen molar-refractivity contribution in [3.8, 4) is 5.75 Å². The summed E-state index contributed by atoms with van der Waals surface area (Å²) in [6, 6.07) is 12.7. The maximum atomic E-state index is 12.6. The number of carbonyl (C=O) groups excluding carboxylic acids is 2. The summed E-state index contributed by atoms with van der Waals surface area (Å²) in [6.45, 7) is 7.85. The number of nitrogens with zero attached hydrogens (tertiary/aromatic N) is 1. The quantitative estimate of drug-likeness (QED) is 0.504. The second-order valence-corrected chi connectivity index (χ2v) is 7.26. The first-order valence-electron chi connectivity index (χ1n) is 9.89. The molecule has 0 aliphatic rings. The molecule has 0 aliphatic heterocycles. The molecule has 0 saturated heterocycles. The number of ether oxygens (including phenoxy) is 1. The second-order valence-electron chi connectivity index (χ2n) is 7.26. The highest BCUT2D eigenvalue weighted by molar-refractivity contribution is 5.98. The summed E-state index contributed by atoms with van der Waals surface area (Å²) in [6.07, 6.45) is 0. The first-order valence-corrected chi connectivity index (χ1v) is 9.89. The van der Waals surface area contributed by atoms with Crippen LogP contribution in [-0.4, -0.2) is 23.5 Å². The van der Waals surface area contributed by atoms with E-state index >= 15 is 0 Å². The number of anilines is 1. The van der Waals surface area contributed by atoms with Crippen LogP contribution in [0.5, 0.6) is 5.75 Å². The Bertz CT molecular complexity index is 1070. The van der Waals surface area contributed by atoms with Crippen molar-refractivity contribution in [2.24, 2.45) is 0 Å².